The van der Waals surface area contributed by atoms with Crippen LogP contribution in [0.5, 0.6) is 0 Å². The van der Waals surface area contributed by atoms with Crippen molar-refractivity contribution >= 4 is 7.82 Å². The van der Waals surface area contributed by atoms with E-state index in [1.807, 2.05) is 0 Å². The molecule has 0 amide bonds. The first-order valence-electron chi connectivity index (χ1n) is 2.97. The van der Waals surface area contributed by atoms with E-state index in [1.165, 1.54) is 25.9 Å². The van der Waals surface area contributed by atoms with Crippen LogP contribution < -0.4 is 79.1 Å². The van der Waals surface area contributed by atoms with E-state index < -0.39 is 7.82 Å². The predicted molar refractivity (Wildman–Crippen MR) is 34.1 cm³/mol. The van der Waals surface area contributed by atoms with Crippen LogP contribution in [-0.4, -0.2) is 22.9 Å². The van der Waals surface area contributed by atoms with E-state index in [0.717, 1.165) is 0 Å². The third kappa shape index (κ3) is 24.5. The van der Waals surface area contributed by atoms with Gasteiger partial charge in [0.1, 0.15) is 0 Å². The van der Waals surface area contributed by atoms with Gasteiger partial charge in [-0.3, -0.25) is 4.57 Å². The van der Waals surface area contributed by atoms with Crippen LogP contribution >= 0.6 is 7.82 Å². The summed E-state index contributed by atoms with van der Waals surface area (Å²) >= 11 is 0. The Labute approximate surface area is 125 Å². The van der Waals surface area contributed by atoms with Gasteiger partial charge in [0, 0.05) is 0 Å². The Morgan fingerprint density at radius 2 is 1.55 bits per heavy atom. The van der Waals surface area contributed by atoms with Gasteiger partial charge in [0.15, 0.2) is 0 Å². The van der Waals surface area contributed by atoms with E-state index in [0.29, 0.717) is 0 Å². The Bertz CT molecular complexity index is 107. The zero-order chi connectivity index (χ0) is 8.04. The van der Waals surface area contributed by atoms with Crippen molar-refractivity contribution in [2.75, 3.05) is 13.1 Å². The van der Waals surface area contributed by atoms with Gasteiger partial charge in [-0.2, -0.15) is 0 Å². The molecule has 0 bridgehead atoms. The van der Waals surface area contributed by atoms with Crippen molar-refractivity contribution < 1.29 is 88.1 Å². The molecule has 1 heterocycles. The third-order valence-corrected chi connectivity index (χ3v) is 0.957. The molecule has 0 saturated carbocycles. The monoisotopic (exact) mass is 301 g/mol. The summed E-state index contributed by atoms with van der Waals surface area (Å²) in [6, 6.07) is 0. The zero-order valence-corrected chi connectivity index (χ0v) is 13.7. The van der Waals surface area contributed by atoms with Crippen molar-refractivity contribution in [2.45, 2.75) is 12.8 Å². The van der Waals surface area contributed by atoms with E-state index in [4.69, 9.17) is 19.2 Å². The fraction of sp³-hybridized carbons (Fsp3) is 1.00. The molecule has 0 atom stereocenters. The van der Waals surface area contributed by atoms with Gasteiger partial charge in [0.2, 0.25) is 0 Å². The fourth-order valence-corrected chi connectivity index (χ4v) is 0.625. The van der Waals surface area contributed by atoms with E-state index in [-0.39, 0.29) is 68.9 Å². The molecule has 11 heavy (non-hydrogen) atoms. The number of hydrogen-bond donors (Lipinski definition) is 3. The van der Waals surface area contributed by atoms with Crippen LogP contribution in [0.2, 0.25) is 0 Å². The Hall–Kier alpha value is 2.12. The molecule has 0 aromatic carbocycles. The number of phosphoric acid groups is 1. The second-order valence-corrected chi connectivity index (χ2v) is 2.93. The predicted octanol–water partition coefficient (Wildman–Crippen LogP) is -4.19. The summed E-state index contributed by atoms with van der Waals surface area (Å²) < 4.78 is 8.77. The van der Waals surface area contributed by atoms with Gasteiger partial charge in [-0.25, -0.2) is 0 Å². The maximum Gasteiger partial charge on any atom is 1.00 e. The van der Waals surface area contributed by atoms with Crippen molar-refractivity contribution in [3.05, 3.63) is 0 Å². The molecular weight excluding hydrogens is 290 g/mol. The SMILES string of the molecule is C1CCNC1.O=P([O-])(O)O.[Cs+]. The van der Waals surface area contributed by atoms with Crippen LogP contribution in [0.4, 0.5) is 0 Å². The molecule has 1 aliphatic heterocycles. The Morgan fingerprint density at radius 3 is 1.64 bits per heavy atom. The summed E-state index contributed by atoms with van der Waals surface area (Å²) in [6.07, 6.45) is 2.78. The first kappa shape index (κ1) is 15.6. The summed E-state index contributed by atoms with van der Waals surface area (Å²) in [5, 5.41) is 3.22. The minimum atomic E-state index is -4.89. The summed E-state index contributed by atoms with van der Waals surface area (Å²) in [5.41, 5.74) is 0. The van der Waals surface area contributed by atoms with Gasteiger partial charge < -0.3 is 20.0 Å². The number of rotatable bonds is 0. The molecule has 62 valence electrons. The molecule has 1 rings (SSSR count). The van der Waals surface area contributed by atoms with Crippen molar-refractivity contribution in [3.8, 4) is 0 Å². The molecule has 0 radical (unpaired) electrons. The molecule has 1 saturated heterocycles. The number of hydrogen-bond acceptors (Lipinski definition) is 3. The Balaban J connectivity index is 0. The molecule has 7 heteroatoms. The molecule has 0 aliphatic carbocycles. The smallest absolute Gasteiger partial charge is 0.756 e. The molecule has 3 N–H and O–H groups in total. The standard InChI is InChI=1S/C4H9N.Cs.H3O4P/c1-2-4-5-3-1;;1-5(2,3)4/h5H,1-4H2;;(H3,1,2,3,4)/q;+1;/p-1. The summed E-state index contributed by atoms with van der Waals surface area (Å²) in [4.78, 5) is 22.9. The van der Waals surface area contributed by atoms with Crippen molar-refractivity contribution in [1.82, 2.24) is 5.32 Å². The van der Waals surface area contributed by atoms with Crippen LogP contribution in [0.3, 0.4) is 0 Å². The van der Waals surface area contributed by atoms with Gasteiger partial charge in [0.25, 0.3) is 7.82 Å². The van der Waals surface area contributed by atoms with Gasteiger partial charge in [-0.15, -0.1) is 0 Å². The first-order valence-corrected chi connectivity index (χ1v) is 4.50. The van der Waals surface area contributed by atoms with E-state index in [9.17, 15) is 0 Å². The second-order valence-electron chi connectivity index (χ2n) is 1.95. The summed E-state index contributed by atoms with van der Waals surface area (Å²) in [6.45, 7) is 2.50. The topological polar surface area (TPSA) is 92.6 Å². The Morgan fingerprint density at radius 1 is 1.27 bits per heavy atom. The average molecular weight is 301 g/mol. The van der Waals surface area contributed by atoms with Crippen LogP contribution in [0, 0.1) is 0 Å². The van der Waals surface area contributed by atoms with Gasteiger partial charge in [-0.05, 0) is 25.9 Å². The molecule has 0 spiro atoms. The fourth-order valence-electron chi connectivity index (χ4n) is 0.625. The maximum atomic E-state index is 8.77. The third-order valence-electron chi connectivity index (χ3n) is 0.957. The minimum absolute atomic E-state index is 0. The molecule has 5 nitrogen and oxygen atoms in total. The molecule has 1 fully saturated rings. The molecule has 0 unspecified atom stereocenters. The minimum Gasteiger partial charge on any atom is -0.756 e. The zero-order valence-electron chi connectivity index (χ0n) is 6.49. The Kier molecular flexibility index (Phi) is 12.3. The molecule has 0 aromatic heterocycles. The van der Waals surface area contributed by atoms with Crippen LogP contribution in [-0.2, 0) is 4.57 Å². The summed E-state index contributed by atoms with van der Waals surface area (Å²) in [5.74, 6) is 0. The van der Waals surface area contributed by atoms with Gasteiger partial charge in [-0.1, -0.05) is 0 Å². The molecular formula is C4H11CsNO4P. The average Bonchev–Trinajstić information content (AvgIpc) is 2.07. The largest absolute Gasteiger partial charge is 1.00 e. The second kappa shape index (κ2) is 8.71. The van der Waals surface area contributed by atoms with Crippen LogP contribution in [0.15, 0.2) is 0 Å². The molecule has 1 aliphatic rings. The van der Waals surface area contributed by atoms with Crippen molar-refractivity contribution in [1.29, 1.82) is 0 Å². The quantitative estimate of drug-likeness (QED) is 0.395. The first-order chi connectivity index (χ1) is 4.50. The summed E-state index contributed by atoms with van der Waals surface area (Å²) in [7, 11) is -4.89. The maximum absolute atomic E-state index is 8.77. The van der Waals surface area contributed by atoms with E-state index >= 15 is 0 Å². The van der Waals surface area contributed by atoms with E-state index in [1.54, 1.807) is 0 Å². The van der Waals surface area contributed by atoms with Crippen LogP contribution in [0.1, 0.15) is 12.8 Å². The molecule has 0 aromatic rings. The van der Waals surface area contributed by atoms with Crippen molar-refractivity contribution in [2.24, 2.45) is 0 Å². The van der Waals surface area contributed by atoms with Crippen LogP contribution in [0.25, 0.3) is 0 Å². The number of nitrogens with one attached hydrogen (secondary N) is 1. The normalized spacial score (nSPS) is 16.3. The van der Waals surface area contributed by atoms with Gasteiger partial charge in [0.05, 0.1) is 0 Å². The van der Waals surface area contributed by atoms with Gasteiger partial charge >= 0.3 is 68.9 Å². The van der Waals surface area contributed by atoms with Crippen molar-refractivity contribution in [3.63, 3.8) is 0 Å². The van der Waals surface area contributed by atoms with E-state index in [2.05, 4.69) is 5.32 Å².